The molecule has 1 fully saturated rings. The lowest BCUT2D eigenvalue weighted by atomic mass is 9.95. The summed E-state index contributed by atoms with van der Waals surface area (Å²) in [5.74, 6) is 0.578. The van der Waals surface area contributed by atoms with Gasteiger partial charge in [0.1, 0.15) is 5.15 Å². The third kappa shape index (κ3) is 1.68. The molecule has 0 aromatic carbocycles. The van der Waals surface area contributed by atoms with Gasteiger partial charge in [-0.15, -0.1) is 0 Å². The van der Waals surface area contributed by atoms with E-state index >= 15 is 0 Å². The van der Waals surface area contributed by atoms with Crippen LogP contribution in [0.2, 0.25) is 5.15 Å². The molecule has 0 radical (unpaired) electrons. The van der Waals surface area contributed by atoms with Crippen LogP contribution in [-0.2, 0) is 0 Å². The van der Waals surface area contributed by atoms with Gasteiger partial charge in [0, 0.05) is 24.0 Å². The zero-order valence-corrected chi connectivity index (χ0v) is 9.61. The molecule has 3 heterocycles. The van der Waals surface area contributed by atoms with Gasteiger partial charge in [-0.25, -0.2) is 9.97 Å². The van der Waals surface area contributed by atoms with Crippen LogP contribution in [0, 0.1) is 0 Å². The van der Waals surface area contributed by atoms with Gasteiger partial charge in [-0.1, -0.05) is 11.6 Å². The molecule has 0 saturated carbocycles. The molecular weight excluding hydrogens is 224 g/mol. The van der Waals surface area contributed by atoms with E-state index in [0.29, 0.717) is 11.1 Å². The molecule has 2 aromatic heterocycles. The predicted molar refractivity (Wildman–Crippen MR) is 62.8 cm³/mol. The van der Waals surface area contributed by atoms with Gasteiger partial charge in [-0.05, 0) is 25.9 Å². The van der Waals surface area contributed by atoms with Gasteiger partial charge in [0.05, 0.1) is 6.20 Å². The Morgan fingerprint density at radius 2 is 2.06 bits per heavy atom. The summed E-state index contributed by atoms with van der Waals surface area (Å²) in [6.07, 6.45) is 7.83. The quantitative estimate of drug-likeness (QED) is 0.822. The highest BCUT2D eigenvalue weighted by atomic mass is 35.5. The molecule has 0 aliphatic carbocycles. The van der Waals surface area contributed by atoms with E-state index in [1.54, 1.807) is 6.20 Å². The van der Waals surface area contributed by atoms with E-state index in [2.05, 4.69) is 19.7 Å². The second-order valence-corrected chi connectivity index (χ2v) is 4.53. The number of aromatic nitrogens is 3. The molecule has 0 amide bonds. The molecule has 0 unspecified atom stereocenters. The highest BCUT2D eigenvalue weighted by Gasteiger charge is 2.18. The van der Waals surface area contributed by atoms with Gasteiger partial charge in [0.15, 0.2) is 5.65 Å². The summed E-state index contributed by atoms with van der Waals surface area (Å²) < 4.78 is 2.06. The number of piperidine rings is 1. The Balaban J connectivity index is 2.05. The first kappa shape index (κ1) is 10.1. The Hall–Kier alpha value is -1.13. The molecular formula is C11H13ClN4. The number of rotatable bonds is 1. The average Bonchev–Trinajstić information content (AvgIpc) is 2.73. The molecule has 16 heavy (non-hydrogen) atoms. The number of fused-ring (bicyclic) bond motifs is 1. The SMILES string of the molecule is Clc1cn2c(C3CCNCC3)cnc2cn1. The zero-order chi connectivity index (χ0) is 11.0. The van der Waals surface area contributed by atoms with Crippen LogP contribution in [0.15, 0.2) is 18.6 Å². The third-order valence-corrected chi connectivity index (χ3v) is 3.35. The maximum Gasteiger partial charge on any atom is 0.155 e. The van der Waals surface area contributed by atoms with Gasteiger partial charge in [-0.3, -0.25) is 4.40 Å². The van der Waals surface area contributed by atoms with Gasteiger partial charge in [-0.2, -0.15) is 0 Å². The van der Waals surface area contributed by atoms with Crippen LogP contribution in [0.4, 0.5) is 0 Å². The molecule has 2 aromatic rings. The standard InChI is InChI=1S/C11H13ClN4/c12-10-7-16-9(5-15-11(16)6-14-10)8-1-3-13-4-2-8/h5-8,13H,1-4H2. The molecule has 1 saturated heterocycles. The number of hydrogen-bond donors (Lipinski definition) is 1. The van der Waals surface area contributed by atoms with Crippen molar-refractivity contribution >= 4 is 17.2 Å². The van der Waals surface area contributed by atoms with Crippen LogP contribution in [0.3, 0.4) is 0 Å². The number of halogens is 1. The lowest BCUT2D eigenvalue weighted by Crippen LogP contribution is -2.27. The minimum Gasteiger partial charge on any atom is -0.317 e. The number of hydrogen-bond acceptors (Lipinski definition) is 3. The fourth-order valence-corrected chi connectivity index (χ4v) is 2.45. The third-order valence-electron chi connectivity index (χ3n) is 3.15. The van der Waals surface area contributed by atoms with E-state index in [1.165, 1.54) is 5.69 Å². The molecule has 0 spiro atoms. The highest BCUT2D eigenvalue weighted by molar-refractivity contribution is 6.29. The summed E-state index contributed by atoms with van der Waals surface area (Å²) >= 11 is 5.91. The normalized spacial score (nSPS) is 18.1. The average molecular weight is 237 g/mol. The molecule has 5 heteroatoms. The first-order chi connectivity index (χ1) is 7.84. The summed E-state index contributed by atoms with van der Waals surface area (Å²) in [6.45, 7) is 2.16. The van der Waals surface area contributed by atoms with Crippen LogP contribution < -0.4 is 5.32 Å². The van der Waals surface area contributed by atoms with Gasteiger partial charge >= 0.3 is 0 Å². The van der Waals surface area contributed by atoms with Crippen LogP contribution in [-0.4, -0.2) is 27.5 Å². The fourth-order valence-electron chi connectivity index (χ4n) is 2.30. The minimum atomic E-state index is 0.515. The Labute approximate surface area is 98.7 Å². The van der Waals surface area contributed by atoms with E-state index < -0.39 is 0 Å². The monoisotopic (exact) mass is 236 g/mol. The summed E-state index contributed by atoms with van der Waals surface area (Å²) in [7, 11) is 0. The van der Waals surface area contributed by atoms with Crippen molar-refractivity contribution in [2.24, 2.45) is 0 Å². The second-order valence-electron chi connectivity index (χ2n) is 4.15. The van der Waals surface area contributed by atoms with Crippen molar-refractivity contribution in [1.29, 1.82) is 0 Å². The summed E-state index contributed by atoms with van der Waals surface area (Å²) in [5.41, 5.74) is 2.12. The van der Waals surface area contributed by atoms with Gasteiger partial charge < -0.3 is 5.32 Å². The van der Waals surface area contributed by atoms with E-state index in [-0.39, 0.29) is 0 Å². The van der Waals surface area contributed by atoms with E-state index in [4.69, 9.17) is 11.6 Å². The smallest absolute Gasteiger partial charge is 0.155 e. The van der Waals surface area contributed by atoms with Crippen molar-refractivity contribution in [2.45, 2.75) is 18.8 Å². The minimum absolute atomic E-state index is 0.515. The molecule has 4 nitrogen and oxygen atoms in total. The van der Waals surface area contributed by atoms with Crippen molar-refractivity contribution in [3.8, 4) is 0 Å². The molecule has 0 bridgehead atoms. The van der Waals surface area contributed by atoms with Crippen molar-refractivity contribution < 1.29 is 0 Å². The number of nitrogens with zero attached hydrogens (tertiary/aromatic N) is 3. The number of nitrogens with one attached hydrogen (secondary N) is 1. The van der Waals surface area contributed by atoms with Crippen molar-refractivity contribution in [1.82, 2.24) is 19.7 Å². The molecule has 84 valence electrons. The molecule has 0 atom stereocenters. The van der Waals surface area contributed by atoms with Crippen LogP contribution in [0.1, 0.15) is 24.5 Å². The maximum absolute atomic E-state index is 5.91. The first-order valence-corrected chi connectivity index (χ1v) is 5.91. The van der Waals surface area contributed by atoms with Crippen molar-refractivity contribution in [3.63, 3.8) is 0 Å². The van der Waals surface area contributed by atoms with E-state index in [0.717, 1.165) is 31.6 Å². The Morgan fingerprint density at radius 3 is 2.88 bits per heavy atom. The van der Waals surface area contributed by atoms with E-state index in [1.807, 2.05) is 12.4 Å². The maximum atomic E-state index is 5.91. The Morgan fingerprint density at radius 1 is 1.25 bits per heavy atom. The predicted octanol–water partition coefficient (Wildman–Crippen LogP) is 1.85. The summed E-state index contributed by atoms with van der Waals surface area (Å²) in [5, 5.41) is 3.88. The van der Waals surface area contributed by atoms with Crippen molar-refractivity contribution in [3.05, 3.63) is 29.4 Å². The summed E-state index contributed by atoms with van der Waals surface area (Å²) in [4.78, 5) is 8.39. The summed E-state index contributed by atoms with van der Waals surface area (Å²) in [6, 6.07) is 0. The fraction of sp³-hybridized carbons (Fsp3) is 0.455. The van der Waals surface area contributed by atoms with Crippen LogP contribution in [0.25, 0.3) is 5.65 Å². The Kier molecular flexibility index (Phi) is 2.53. The van der Waals surface area contributed by atoms with Crippen molar-refractivity contribution in [2.75, 3.05) is 13.1 Å². The van der Waals surface area contributed by atoms with Gasteiger partial charge in [0.2, 0.25) is 0 Å². The zero-order valence-electron chi connectivity index (χ0n) is 8.86. The topological polar surface area (TPSA) is 42.2 Å². The highest BCUT2D eigenvalue weighted by Crippen LogP contribution is 2.26. The lowest BCUT2D eigenvalue weighted by Gasteiger charge is -2.22. The lowest BCUT2D eigenvalue weighted by molar-refractivity contribution is 0.451. The molecule has 1 N–H and O–H groups in total. The molecule has 1 aliphatic rings. The molecule has 1 aliphatic heterocycles. The van der Waals surface area contributed by atoms with Crippen LogP contribution >= 0.6 is 11.6 Å². The molecule has 3 rings (SSSR count). The van der Waals surface area contributed by atoms with Crippen LogP contribution in [0.5, 0.6) is 0 Å². The largest absolute Gasteiger partial charge is 0.317 e. The van der Waals surface area contributed by atoms with Gasteiger partial charge in [0.25, 0.3) is 0 Å². The number of imidazole rings is 1. The second kappa shape index (κ2) is 4.03. The van der Waals surface area contributed by atoms with E-state index in [9.17, 15) is 0 Å². The Bertz CT molecular complexity index is 502. The first-order valence-electron chi connectivity index (χ1n) is 5.54.